The molecule has 0 aliphatic heterocycles. The van der Waals surface area contributed by atoms with Crippen LogP contribution in [0.5, 0.6) is 0 Å². The molecular weight excluding hydrogens is 392 g/mol. The Labute approximate surface area is 169 Å². The summed E-state index contributed by atoms with van der Waals surface area (Å²) in [4.78, 5) is 18.9. The average Bonchev–Trinajstić information content (AvgIpc) is 3.14. The lowest BCUT2D eigenvalue weighted by Crippen LogP contribution is -2.34. The number of anilines is 2. The highest BCUT2D eigenvalue weighted by Crippen LogP contribution is 2.29. The average molecular weight is 414 g/mol. The molecule has 3 aromatic rings. The minimum absolute atomic E-state index is 0.228. The molecule has 2 heterocycles. The van der Waals surface area contributed by atoms with Crippen molar-refractivity contribution in [1.82, 2.24) is 4.98 Å². The van der Waals surface area contributed by atoms with Crippen molar-refractivity contribution in [3.05, 3.63) is 61.1 Å². The number of amides is 1. The van der Waals surface area contributed by atoms with Gasteiger partial charge in [-0.25, -0.2) is 23.1 Å². The van der Waals surface area contributed by atoms with Crippen LogP contribution in [-0.4, -0.2) is 31.4 Å². The van der Waals surface area contributed by atoms with E-state index in [1.54, 1.807) is 57.2 Å². The summed E-state index contributed by atoms with van der Waals surface area (Å²) in [5.41, 5.74) is 1.10. The highest BCUT2D eigenvalue weighted by Gasteiger charge is 2.26. The summed E-state index contributed by atoms with van der Waals surface area (Å²) in [7, 11) is -3.28. The Balaban J connectivity index is 2.00. The first-order valence-electron chi connectivity index (χ1n) is 8.87. The predicted molar refractivity (Wildman–Crippen MR) is 110 cm³/mol. The fourth-order valence-corrected chi connectivity index (χ4v) is 3.24. The standard InChI is InChI=1S/C21H22N2O5S/c1-21(2,3)28-20(24)23(16-12-13-27-14-16)19-7-5-6-18(22-19)15-8-10-17(11-9-15)29(4,25)26/h5-14H,1-4H3. The lowest BCUT2D eigenvalue weighted by Gasteiger charge is -2.26. The van der Waals surface area contributed by atoms with Gasteiger partial charge in [-0.2, -0.15) is 0 Å². The number of rotatable bonds is 4. The van der Waals surface area contributed by atoms with Gasteiger partial charge in [-0.1, -0.05) is 18.2 Å². The van der Waals surface area contributed by atoms with Crippen LogP contribution in [-0.2, 0) is 14.6 Å². The molecule has 7 nitrogen and oxygen atoms in total. The van der Waals surface area contributed by atoms with Gasteiger partial charge >= 0.3 is 6.09 Å². The number of pyridine rings is 1. The van der Waals surface area contributed by atoms with Crippen LogP contribution in [0, 0.1) is 0 Å². The van der Waals surface area contributed by atoms with Crippen molar-refractivity contribution in [2.75, 3.05) is 11.2 Å². The molecule has 3 rings (SSSR count). The van der Waals surface area contributed by atoms with Crippen LogP contribution in [0.15, 0.2) is 70.4 Å². The second-order valence-corrected chi connectivity index (χ2v) is 9.49. The minimum atomic E-state index is -3.28. The number of benzene rings is 1. The van der Waals surface area contributed by atoms with E-state index < -0.39 is 21.5 Å². The molecule has 0 bridgehead atoms. The molecule has 0 fully saturated rings. The van der Waals surface area contributed by atoms with Crippen LogP contribution in [0.1, 0.15) is 20.8 Å². The third-order valence-corrected chi connectivity index (χ3v) is 5.01. The predicted octanol–water partition coefficient (Wildman–Crippen LogP) is 4.82. The second-order valence-electron chi connectivity index (χ2n) is 7.47. The van der Waals surface area contributed by atoms with Crippen LogP contribution >= 0.6 is 0 Å². The zero-order valence-electron chi connectivity index (χ0n) is 16.6. The van der Waals surface area contributed by atoms with Gasteiger partial charge in [0.05, 0.1) is 22.5 Å². The van der Waals surface area contributed by atoms with Crippen molar-refractivity contribution >= 4 is 27.4 Å². The normalized spacial score (nSPS) is 11.9. The molecule has 29 heavy (non-hydrogen) atoms. The zero-order chi connectivity index (χ0) is 21.2. The molecule has 8 heteroatoms. The fourth-order valence-electron chi connectivity index (χ4n) is 2.60. The van der Waals surface area contributed by atoms with Crippen molar-refractivity contribution in [3.63, 3.8) is 0 Å². The van der Waals surface area contributed by atoms with E-state index in [4.69, 9.17) is 9.15 Å². The van der Waals surface area contributed by atoms with Crippen molar-refractivity contribution in [2.45, 2.75) is 31.3 Å². The Bertz CT molecular complexity index is 1100. The van der Waals surface area contributed by atoms with E-state index in [0.717, 1.165) is 11.8 Å². The van der Waals surface area contributed by atoms with E-state index >= 15 is 0 Å². The van der Waals surface area contributed by atoms with E-state index in [9.17, 15) is 13.2 Å². The quantitative estimate of drug-likeness (QED) is 0.608. The van der Waals surface area contributed by atoms with E-state index in [-0.39, 0.29) is 4.90 Å². The lowest BCUT2D eigenvalue weighted by atomic mass is 10.1. The first kappa shape index (κ1) is 20.6. The maximum Gasteiger partial charge on any atom is 0.420 e. The highest BCUT2D eigenvalue weighted by atomic mass is 32.2. The maximum atomic E-state index is 12.8. The van der Waals surface area contributed by atoms with Gasteiger partial charge in [0, 0.05) is 17.9 Å². The van der Waals surface area contributed by atoms with Gasteiger partial charge in [0.1, 0.15) is 17.7 Å². The van der Waals surface area contributed by atoms with E-state index in [1.807, 2.05) is 0 Å². The van der Waals surface area contributed by atoms with Crippen LogP contribution in [0.3, 0.4) is 0 Å². The molecule has 0 atom stereocenters. The number of furan rings is 1. The summed E-state index contributed by atoms with van der Waals surface area (Å²) in [5.74, 6) is 0.352. The topological polar surface area (TPSA) is 89.7 Å². The van der Waals surface area contributed by atoms with Gasteiger partial charge < -0.3 is 9.15 Å². The van der Waals surface area contributed by atoms with E-state index in [2.05, 4.69) is 4.98 Å². The second kappa shape index (κ2) is 7.71. The molecule has 0 radical (unpaired) electrons. The van der Waals surface area contributed by atoms with Crippen molar-refractivity contribution in [2.24, 2.45) is 0 Å². The number of sulfone groups is 1. The first-order chi connectivity index (χ1) is 13.5. The third kappa shape index (κ3) is 5.03. The van der Waals surface area contributed by atoms with Gasteiger partial charge in [0.2, 0.25) is 0 Å². The van der Waals surface area contributed by atoms with Gasteiger partial charge in [0.15, 0.2) is 9.84 Å². The molecule has 0 saturated heterocycles. The molecule has 0 N–H and O–H groups in total. The lowest BCUT2D eigenvalue weighted by molar-refractivity contribution is 0.0598. The summed E-state index contributed by atoms with van der Waals surface area (Å²) >= 11 is 0. The molecule has 0 aliphatic carbocycles. The molecular formula is C21H22N2O5S. The van der Waals surface area contributed by atoms with Gasteiger partial charge in [0.25, 0.3) is 0 Å². The number of hydrogen-bond acceptors (Lipinski definition) is 6. The Morgan fingerprint density at radius 2 is 1.76 bits per heavy atom. The fraction of sp³-hybridized carbons (Fsp3) is 0.238. The molecule has 152 valence electrons. The van der Waals surface area contributed by atoms with Gasteiger partial charge in [-0.15, -0.1) is 0 Å². The molecule has 0 spiro atoms. The molecule has 1 amide bonds. The van der Waals surface area contributed by atoms with Crippen LogP contribution < -0.4 is 4.90 Å². The van der Waals surface area contributed by atoms with E-state index in [1.165, 1.54) is 29.6 Å². The Hall–Kier alpha value is -3.13. The van der Waals surface area contributed by atoms with Crippen molar-refractivity contribution < 1.29 is 22.4 Å². The van der Waals surface area contributed by atoms with Crippen LogP contribution in [0.2, 0.25) is 0 Å². The number of hydrogen-bond donors (Lipinski definition) is 0. The largest absolute Gasteiger partial charge is 0.470 e. The summed E-state index contributed by atoms with van der Waals surface area (Å²) < 4.78 is 34.0. The minimum Gasteiger partial charge on any atom is -0.470 e. The smallest absolute Gasteiger partial charge is 0.420 e. The molecule has 0 saturated carbocycles. The Kier molecular flexibility index (Phi) is 5.48. The SMILES string of the molecule is CC(C)(C)OC(=O)N(c1ccoc1)c1cccc(-c2ccc(S(C)(=O)=O)cc2)n1. The summed E-state index contributed by atoms with van der Waals surface area (Å²) in [6.07, 6.45) is 3.46. The summed E-state index contributed by atoms with van der Waals surface area (Å²) in [6, 6.07) is 13.3. The molecule has 2 aromatic heterocycles. The van der Waals surface area contributed by atoms with Gasteiger partial charge in [-0.05, 0) is 45.0 Å². The number of ether oxygens (including phenoxy) is 1. The third-order valence-electron chi connectivity index (χ3n) is 3.88. The Morgan fingerprint density at radius 1 is 1.07 bits per heavy atom. The van der Waals surface area contributed by atoms with Crippen molar-refractivity contribution in [3.8, 4) is 11.3 Å². The van der Waals surface area contributed by atoms with Gasteiger partial charge in [-0.3, -0.25) is 0 Å². The zero-order valence-corrected chi connectivity index (χ0v) is 17.4. The highest BCUT2D eigenvalue weighted by molar-refractivity contribution is 7.90. The number of aromatic nitrogens is 1. The maximum absolute atomic E-state index is 12.8. The number of nitrogens with zero attached hydrogens (tertiary/aromatic N) is 2. The van der Waals surface area contributed by atoms with Crippen molar-refractivity contribution in [1.29, 1.82) is 0 Å². The summed E-state index contributed by atoms with van der Waals surface area (Å²) in [6.45, 7) is 5.35. The van der Waals surface area contributed by atoms with Crippen LogP contribution in [0.4, 0.5) is 16.3 Å². The number of carbonyl (C=O) groups is 1. The van der Waals surface area contributed by atoms with E-state index in [0.29, 0.717) is 17.2 Å². The first-order valence-corrected chi connectivity index (χ1v) is 10.8. The van der Waals surface area contributed by atoms with Crippen LogP contribution in [0.25, 0.3) is 11.3 Å². The molecule has 0 unspecified atom stereocenters. The number of carbonyl (C=O) groups excluding carboxylic acids is 1. The molecule has 1 aromatic carbocycles. The molecule has 0 aliphatic rings. The monoisotopic (exact) mass is 414 g/mol. The Morgan fingerprint density at radius 3 is 2.31 bits per heavy atom. The summed E-state index contributed by atoms with van der Waals surface area (Å²) in [5, 5.41) is 0.